The number of fused-ring (bicyclic) bond motifs is 3. The van der Waals surface area contributed by atoms with Crippen molar-refractivity contribution >= 4 is 44.5 Å². The molecule has 0 aromatic carbocycles. The molecule has 1 amide bonds. The number of aromatic nitrogens is 3. The zero-order chi connectivity index (χ0) is 25.4. The zero-order valence-corrected chi connectivity index (χ0v) is 22.9. The number of piperidine rings is 1. The van der Waals surface area contributed by atoms with Crippen LogP contribution in [-0.4, -0.2) is 63.5 Å². The maximum absolute atomic E-state index is 12.5. The van der Waals surface area contributed by atoms with Crippen LogP contribution in [-0.2, 0) is 22.4 Å². The lowest BCUT2D eigenvalue weighted by Gasteiger charge is -2.33. The Morgan fingerprint density at radius 3 is 2.51 bits per heavy atom. The van der Waals surface area contributed by atoms with Gasteiger partial charge < -0.3 is 24.3 Å². The molecule has 8 nitrogen and oxygen atoms in total. The highest BCUT2D eigenvalue weighted by molar-refractivity contribution is 7.18. The molecular weight excluding hydrogens is 462 g/mol. The van der Waals surface area contributed by atoms with Gasteiger partial charge in [0, 0.05) is 38.7 Å². The minimum Gasteiger partial charge on any atom is -0.444 e. The Balaban J connectivity index is 1.64. The second-order valence-electron chi connectivity index (χ2n) is 11.5. The Bertz CT molecular complexity index is 1180. The SMILES string of the molecule is COCCc1nc2c(NC(C)(C)C)nc3ccsc3c2n1CC1CCN(C(=O)OC(C)(C)C)CC1. The molecule has 1 aliphatic rings. The van der Waals surface area contributed by atoms with Crippen LogP contribution >= 0.6 is 11.3 Å². The Labute approximate surface area is 212 Å². The number of ether oxygens (including phenoxy) is 2. The summed E-state index contributed by atoms with van der Waals surface area (Å²) in [4.78, 5) is 24.4. The van der Waals surface area contributed by atoms with E-state index in [1.54, 1.807) is 18.4 Å². The molecule has 0 spiro atoms. The van der Waals surface area contributed by atoms with Gasteiger partial charge in [-0.15, -0.1) is 11.3 Å². The summed E-state index contributed by atoms with van der Waals surface area (Å²) >= 11 is 1.71. The van der Waals surface area contributed by atoms with Crippen LogP contribution in [0.5, 0.6) is 0 Å². The molecule has 0 unspecified atom stereocenters. The highest BCUT2D eigenvalue weighted by atomic mass is 32.1. The van der Waals surface area contributed by atoms with Gasteiger partial charge in [-0.25, -0.2) is 14.8 Å². The lowest BCUT2D eigenvalue weighted by Crippen LogP contribution is -2.42. The van der Waals surface area contributed by atoms with Crippen molar-refractivity contribution in [3.05, 3.63) is 17.3 Å². The highest BCUT2D eigenvalue weighted by Crippen LogP contribution is 2.35. The van der Waals surface area contributed by atoms with Crippen molar-refractivity contribution in [1.29, 1.82) is 0 Å². The monoisotopic (exact) mass is 501 g/mol. The first kappa shape index (κ1) is 25.7. The average Bonchev–Trinajstić information content (AvgIpc) is 3.35. The van der Waals surface area contributed by atoms with Crippen LogP contribution in [0.15, 0.2) is 11.4 Å². The highest BCUT2D eigenvalue weighted by Gasteiger charge is 2.29. The Morgan fingerprint density at radius 2 is 1.89 bits per heavy atom. The number of carbonyl (C=O) groups is 1. The summed E-state index contributed by atoms with van der Waals surface area (Å²) in [5.41, 5.74) is 2.46. The molecule has 0 saturated carbocycles. The average molecular weight is 502 g/mol. The van der Waals surface area contributed by atoms with Crippen LogP contribution in [0.4, 0.5) is 10.6 Å². The van der Waals surface area contributed by atoms with E-state index in [2.05, 4.69) is 42.1 Å². The van der Waals surface area contributed by atoms with E-state index >= 15 is 0 Å². The van der Waals surface area contributed by atoms with Gasteiger partial charge in [-0.1, -0.05) is 0 Å². The van der Waals surface area contributed by atoms with Crippen molar-refractivity contribution in [2.45, 2.75) is 78.5 Å². The van der Waals surface area contributed by atoms with Crippen LogP contribution in [0.2, 0.25) is 0 Å². The van der Waals surface area contributed by atoms with Crippen molar-refractivity contribution in [3.63, 3.8) is 0 Å². The predicted molar refractivity (Wildman–Crippen MR) is 142 cm³/mol. The van der Waals surface area contributed by atoms with Gasteiger partial charge in [-0.3, -0.25) is 0 Å². The third-order valence-electron chi connectivity index (χ3n) is 6.09. The number of imidazole rings is 1. The number of methoxy groups -OCH3 is 1. The van der Waals surface area contributed by atoms with E-state index in [9.17, 15) is 4.79 Å². The van der Waals surface area contributed by atoms with E-state index in [-0.39, 0.29) is 11.6 Å². The van der Waals surface area contributed by atoms with E-state index in [0.29, 0.717) is 25.6 Å². The number of nitrogens with one attached hydrogen (secondary N) is 1. The quantitative estimate of drug-likeness (QED) is 0.467. The molecule has 1 N–H and O–H groups in total. The Kier molecular flexibility index (Phi) is 7.29. The van der Waals surface area contributed by atoms with Crippen molar-refractivity contribution in [3.8, 4) is 0 Å². The maximum Gasteiger partial charge on any atom is 0.410 e. The molecule has 0 bridgehead atoms. The molecule has 9 heteroatoms. The predicted octanol–water partition coefficient (Wildman–Crippen LogP) is 5.69. The number of carbonyl (C=O) groups excluding carboxylic acids is 1. The van der Waals surface area contributed by atoms with Gasteiger partial charge >= 0.3 is 6.09 Å². The smallest absolute Gasteiger partial charge is 0.410 e. The van der Waals surface area contributed by atoms with Crippen molar-refractivity contribution < 1.29 is 14.3 Å². The third-order valence-corrected chi connectivity index (χ3v) is 7.00. The molecular formula is C26H39N5O3S. The second-order valence-corrected chi connectivity index (χ2v) is 12.4. The number of amides is 1. The first-order chi connectivity index (χ1) is 16.4. The molecule has 1 aliphatic heterocycles. The van der Waals surface area contributed by atoms with Crippen molar-refractivity contribution in [2.75, 3.05) is 32.1 Å². The van der Waals surface area contributed by atoms with Crippen molar-refractivity contribution in [2.24, 2.45) is 5.92 Å². The van der Waals surface area contributed by atoms with E-state index in [0.717, 1.165) is 54.0 Å². The van der Waals surface area contributed by atoms with Gasteiger partial charge in [0.15, 0.2) is 5.82 Å². The minimum atomic E-state index is -0.473. The van der Waals surface area contributed by atoms with Gasteiger partial charge in [-0.2, -0.15) is 0 Å². The minimum absolute atomic E-state index is 0.130. The van der Waals surface area contributed by atoms with Gasteiger partial charge in [-0.05, 0) is 71.7 Å². The number of hydrogen-bond acceptors (Lipinski definition) is 7. The number of thiophene rings is 1. The maximum atomic E-state index is 12.5. The summed E-state index contributed by atoms with van der Waals surface area (Å²) in [6.07, 6.45) is 2.40. The van der Waals surface area contributed by atoms with E-state index in [1.165, 1.54) is 4.70 Å². The summed E-state index contributed by atoms with van der Waals surface area (Å²) in [6.45, 7) is 15.1. The van der Waals surface area contributed by atoms with Crippen LogP contribution in [0.3, 0.4) is 0 Å². The fourth-order valence-electron chi connectivity index (χ4n) is 4.54. The molecule has 4 heterocycles. The topological polar surface area (TPSA) is 81.5 Å². The third kappa shape index (κ3) is 6.06. The number of pyridine rings is 1. The Morgan fingerprint density at radius 1 is 1.17 bits per heavy atom. The standard InChI is InChI=1S/C26H39N5O3S/c1-25(2,3)29-23-20-21(22-18(27-23)11-15-35-22)31(19(28-20)10-14-33-7)16-17-8-12-30(13-9-17)24(32)34-26(4,5)6/h11,15,17H,8-10,12-14,16H2,1-7H3,(H,27,29). The zero-order valence-electron chi connectivity index (χ0n) is 22.1. The van der Waals surface area contributed by atoms with Gasteiger partial charge in [0.2, 0.25) is 0 Å². The second kappa shape index (κ2) is 9.93. The fourth-order valence-corrected chi connectivity index (χ4v) is 5.43. The van der Waals surface area contributed by atoms with Crippen LogP contribution < -0.4 is 5.32 Å². The van der Waals surface area contributed by atoms with Crippen LogP contribution in [0.1, 0.15) is 60.2 Å². The Hall–Kier alpha value is -2.39. The molecule has 1 fully saturated rings. The van der Waals surface area contributed by atoms with Gasteiger partial charge in [0.05, 0.1) is 22.3 Å². The van der Waals surface area contributed by atoms with Crippen LogP contribution in [0.25, 0.3) is 21.3 Å². The molecule has 3 aromatic rings. The van der Waals surface area contributed by atoms with Crippen molar-refractivity contribution in [1.82, 2.24) is 19.4 Å². The normalized spacial score (nSPS) is 15.8. The number of rotatable bonds is 6. The summed E-state index contributed by atoms with van der Waals surface area (Å²) in [5, 5.41) is 5.67. The van der Waals surface area contributed by atoms with Crippen LogP contribution in [0, 0.1) is 5.92 Å². The summed E-state index contributed by atoms with van der Waals surface area (Å²) < 4.78 is 14.5. The molecule has 0 aliphatic carbocycles. The first-order valence-corrected chi connectivity index (χ1v) is 13.3. The molecule has 4 rings (SSSR count). The number of nitrogens with zero attached hydrogens (tertiary/aromatic N) is 4. The van der Waals surface area contributed by atoms with Gasteiger partial charge in [0.25, 0.3) is 0 Å². The van der Waals surface area contributed by atoms with E-state index in [1.807, 2.05) is 25.7 Å². The molecule has 0 atom stereocenters. The van der Waals surface area contributed by atoms with E-state index in [4.69, 9.17) is 19.4 Å². The summed E-state index contributed by atoms with van der Waals surface area (Å²) in [7, 11) is 1.73. The first-order valence-electron chi connectivity index (χ1n) is 12.5. The lowest BCUT2D eigenvalue weighted by molar-refractivity contribution is 0.0178. The lowest BCUT2D eigenvalue weighted by atomic mass is 9.96. The summed E-state index contributed by atoms with van der Waals surface area (Å²) in [6, 6.07) is 2.08. The number of likely N-dealkylation sites (tertiary alicyclic amines) is 1. The molecule has 1 saturated heterocycles. The molecule has 35 heavy (non-hydrogen) atoms. The number of hydrogen-bond donors (Lipinski definition) is 1. The summed E-state index contributed by atoms with van der Waals surface area (Å²) in [5.74, 6) is 2.31. The molecule has 0 radical (unpaired) electrons. The van der Waals surface area contributed by atoms with E-state index < -0.39 is 5.60 Å². The number of anilines is 1. The molecule has 192 valence electrons. The molecule has 3 aromatic heterocycles. The largest absolute Gasteiger partial charge is 0.444 e. The fraction of sp³-hybridized carbons (Fsp3) is 0.654. The van der Waals surface area contributed by atoms with Gasteiger partial charge in [0.1, 0.15) is 16.9 Å².